The van der Waals surface area contributed by atoms with Crippen molar-refractivity contribution in [2.75, 3.05) is 13.1 Å². The molecule has 1 unspecified atom stereocenters. The van der Waals surface area contributed by atoms with Crippen LogP contribution in [0.5, 0.6) is 0 Å². The maximum atomic E-state index is 13.0. The lowest BCUT2D eigenvalue weighted by Crippen LogP contribution is -2.47. The summed E-state index contributed by atoms with van der Waals surface area (Å²) in [6.45, 7) is 5.75. The third kappa shape index (κ3) is 3.83. The molecule has 1 atom stereocenters. The van der Waals surface area contributed by atoms with Gasteiger partial charge in [0, 0.05) is 31.9 Å². The number of pyridine rings is 1. The van der Waals surface area contributed by atoms with E-state index in [1.807, 2.05) is 11.1 Å². The summed E-state index contributed by atoms with van der Waals surface area (Å²) in [5, 5.41) is 10.5. The van der Waals surface area contributed by atoms with Gasteiger partial charge in [0.05, 0.1) is 6.04 Å². The van der Waals surface area contributed by atoms with E-state index < -0.39 is 6.17 Å². The van der Waals surface area contributed by atoms with Gasteiger partial charge in [-0.1, -0.05) is 19.9 Å². The predicted molar refractivity (Wildman–Crippen MR) is 88.3 cm³/mol. The first-order chi connectivity index (χ1) is 10.9. The van der Waals surface area contributed by atoms with E-state index in [0.29, 0.717) is 31.3 Å². The molecule has 2 aliphatic rings. The molecule has 2 fully saturated rings. The molecule has 1 N–H and O–H groups in total. The molecular weight excluding hydrogens is 295 g/mol. The highest BCUT2D eigenvalue weighted by Gasteiger charge is 2.28. The van der Waals surface area contributed by atoms with E-state index in [4.69, 9.17) is 0 Å². The van der Waals surface area contributed by atoms with Crippen LogP contribution < -0.4 is 5.56 Å². The Morgan fingerprint density at radius 2 is 2.04 bits per heavy atom. The summed E-state index contributed by atoms with van der Waals surface area (Å²) in [6.07, 6.45) is 3.70. The van der Waals surface area contributed by atoms with Crippen LogP contribution in [0.1, 0.15) is 44.7 Å². The Labute approximate surface area is 136 Å². The lowest BCUT2D eigenvalue weighted by atomic mass is 10.0. The van der Waals surface area contributed by atoms with Crippen LogP contribution in [-0.4, -0.2) is 33.8 Å². The van der Waals surface area contributed by atoms with Gasteiger partial charge in [-0.15, -0.1) is 0 Å². The summed E-state index contributed by atoms with van der Waals surface area (Å²) >= 11 is 0. The molecule has 0 bridgehead atoms. The van der Waals surface area contributed by atoms with Crippen LogP contribution in [0, 0.1) is 5.92 Å². The number of halogens is 1. The number of likely N-dealkylation sites (tertiary alicyclic amines) is 1. The van der Waals surface area contributed by atoms with Gasteiger partial charge < -0.3 is 9.67 Å². The summed E-state index contributed by atoms with van der Waals surface area (Å²) < 4.78 is 14.6. The minimum Gasteiger partial charge on any atom is -0.510 e. The molecule has 1 aliphatic heterocycles. The van der Waals surface area contributed by atoms with Crippen LogP contribution in [0.2, 0.25) is 0 Å². The Bertz CT molecular complexity index is 653. The lowest BCUT2D eigenvalue weighted by Gasteiger charge is -2.34. The molecule has 1 aliphatic carbocycles. The Kier molecular flexibility index (Phi) is 4.57. The lowest BCUT2D eigenvalue weighted by molar-refractivity contribution is 0.0589. The molecule has 0 amide bonds. The molecule has 23 heavy (non-hydrogen) atoms. The van der Waals surface area contributed by atoms with Gasteiger partial charge in [0.1, 0.15) is 11.9 Å². The van der Waals surface area contributed by atoms with Crippen LogP contribution >= 0.6 is 0 Å². The molecule has 3 rings (SSSR count). The molecule has 1 saturated heterocycles. The smallest absolute Gasteiger partial charge is 0.251 e. The molecular formula is C18H25FN2O2. The molecule has 0 radical (unpaired) electrons. The van der Waals surface area contributed by atoms with Crippen LogP contribution in [0.4, 0.5) is 4.39 Å². The van der Waals surface area contributed by atoms with Crippen molar-refractivity contribution in [2.45, 2.75) is 51.9 Å². The Balaban J connectivity index is 1.85. The van der Waals surface area contributed by atoms with E-state index in [1.165, 1.54) is 0 Å². The first-order valence-electron chi connectivity index (χ1n) is 8.42. The van der Waals surface area contributed by atoms with Crippen molar-refractivity contribution >= 4 is 0 Å². The Hall–Kier alpha value is -1.62. The van der Waals surface area contributed by atoms with E-state index in [2.05, 4.69) is 13.8 Å². The highest BCUT2D eigenvalue weighted by Crippen LogP contribution is 2.37. The molecule has 1 aromatic rings. The van der Waals surface area contributed by atoms with Gasteiger partial charge in [-0.2, -0.15) is 0 Å². The van der Waals surface area contributed by atoms with Crippen molar-refractivity contribution in [3.05, 3.63) is 45.6 Å². The molecule has 2 heterocycles. The number of aromatic nitrogens is 1. The number of allylic oxidation sites excluding steroid dienone is 2. The van der Waals surface area contributed by atoms with Gasteiger partial charge in [-0.3, -0.25) is 9.69 Å². The molecule has 4 nitrogen and oxygen atoms in total. The second-order valence-corrected chi connectivity index (χ2v) is 7.21. The van der Waals surface area contributed by atoms with Crippen LogP contribution in [0.3, 0.4) is 0 Å². The van der Waals surface area contributed by atoms with Gasteiger partial charge in [0.2, 0.25) is 0 Å². The second-order valence-electron chi connectivity index (χ2n) is 7.21. The molecule has 126 valence electrons. The zero-order valence-corrected chi connectivity index (χ0v) is 13.8. The number of hydrogen-bond donors (Lipinski definition) is 1. The molecule has 5 heteroatoms. The maximum absolute atomic E-state index is 13.0. The average molecular weight is 320 g/mol. The summed E-state index contributed by atoms with van der Waals surface area (Å²) in [6, 6.07) is 3.07. The van der Waals surface area contributed by atoms with Crippen molar-refractivity contribution in [1.29, 1.82) is 0 Å². The molecule has 0 spiro atoms. The molecule has 1 aromatic heterocycles. The summed E-state index contributed by atoms with van der Waals surface area (Å²) in [5.74, 6) is 0.741. The average Bonchev–Trinajstić information content (AvgIpc) is 3.29. The number of nitrogens with zero attached hydrogens (tertiary/aromatic N) is 2. The zero-order chi connectivity index (χ0) is 16.6. The fourth-order valence-electron chi connectivity index (χ4n) is 3.14. The van der Waals surface area contributed by atoms with Gasteiger partial charge >= 0.3 is 0 Å². The van der Waals surface area contributed by atoms with Gasteiger partial charge in [0.15, 0.2) is 0 Å². The summed E-state index contributed by atoms with van der Waals surface area (Å²) in [7, 11) is 0. The Morgan fingerprint density at radius 1 is 1.35 bits per heavy atom. The fraction of sp³-hybridized carbons (Fsp3) is 0.611. The summed E-state index contributed by atoms with van der Waals surface area (Å²) in [5.41, 5.74) is 1.95. The SMILES string of the molecule is CC(C)CC(C(O)=C1CC1)n1cc(CN2CC(F)C2)ccc1=O. The minimum atomic E-state index is -0.724. The van der Waals surface area contributed by atoms with E-state index in [9.17, 15) is 14.3 Å². The van der Waals surface area contributed by atoms with E-state index in [0.717, 1.165) is 30.4 Å². The largest absolute Gasteiger partial charge is 0.510 e. The van der Waals surface area contributed by atoms with Crippen LogP contribution in [0.15, 0.2) is 34.5 Å². The van der Waals surface area contributed by atoms with Crippen molar-refractivity contribution < 1.29 is 9.50 Å². The normalized spacial score (nSPS) is 19.7. The number of hydrogen-bond acceptors (Lipinski definition) is 3. The van der Waals surface area contributed by atoms with E-state index in [1.54, 1.807) is 16.7 Å². The number of aliphatic hydroxyl groups excluding tert-OH is 1. The zero-order valence-electron chi connectivity index (χ0n) is 13.8. The number of alkyl halides is 1. The van der Waals surface area contributed by atoms with Gasteiger partial charge in [-0.05, 0) is 36.3 Å². The maximum Gasteiger partial charge on any atom is 0.251 e. The number of rotatable bonds is 6. The first kappa shape index (κ1) is 16.2. The standard InChI is InChI=1S/C18H25FN2O2/c1-12(2)7-16(18(23)14-4-5-14)21-9-13(3-6-17(21)22)8-20-10-15(19)11-20/h3,6,9,12,15-16,23H,4-5,7-8,10-11H2,1-2H3. The monoisotopic (exact) mass is 320 g/mol. The number of aliphatic hydroxyl groups is 1. The van der Waals surface area contributed by atoms with Crippen molar-refractivity contribution in [2.24, 2.45) is 5.92 Å². The molecule has 1 saturated carbocycles. The van der Waals surface area contributed by atoms with Crippen LogP contribution in [0.25, 0.3) is 0 Å². The Morgan fingerprint density at radius 3 is 2.61 bits per heavy atom. The van der Waals surface area contributed by atoms with Gasteiger partial charge in [0.25, 0.3) is 5.56 Å². The minimum absolute atomic E-state index is 0.0980. The summed E-state index contributed by atoms with van der Waals surface area (Å²) in [4.78, 5) is 14.3. The fourth-order valence-corrected chi connectivity index (χ4v) is 3.14. The molecule has 0 aromatic carbocycles. The first-order valence-corrected chi connectivity index (χ1v) is 8.42. The predicted octanol–water partition coefficient (Wildman–Crippen LogP) is 3.20. The quantitative estimate of drug-likeness (QED) is 0.819. The highest BCUT2D eigenvalue weighted by atomic mass is 19.1. The van der Waals surface area contributed by atoms with Gasteiger partial charge in [-0.25, -0.2) is 4.39 Å². The van der Waals surface area contributed by atoms with Crippen LogP contribution in [-0.2, 0) is 6.54 Å². The third-order valence-corrected chi connectivity index (χ3v) is 4.53. The second kappa shape index (κ2) is 6.48. The topological polar surface area (TPSA) is 45.5 Å². The van der Waals surface area contributed by atoms with Crippen molar-refractivity contribution in [1.82, 2.24) is 9.47 Å². The van der Waals surface area contributed by atoms with E-state index in [-0.39, 0.29) is 11.6 Å². The highest BCUT2D eigenvalue weighted by molar-refractivity contribution is 5.24. The van der Waals surface area contributed by atoms with Crippen molar-refractivity contribution in [3.8, 4) is 0 Å². The van der Waals surface area contributed by atoms with Crippen molar-refractivity contribution in [3.63, 3.8) is 0 Å². The van der Waals surface area contributed by atoms with E-state index >= 15 is 0 Å². The third-order valence-electron chi connectivity index (χ3n) is 4.53.